The van der Waals surface area contributed by atoms with Gasteiger partial charge in [0.25, 0.3) is 0 Å². The molecule has 3 atom stereocenters. The van der Waals surface area contributed by atoms with Gasteiger partial charge in [0.2, 0.25) is 0 Å². The highest BCUT2D eigenvalue weighted by atomic mass is 16.5. The lowest BCUT2D eigenvalue weighted by Gasteiger charge is -2.14. The number of rotatable bonds is 3. The molecule has 9 nitrogen and oxygen atoms in total. The summed E-state index contributed by atoms with van der Waals surface area (Å²) >= 11 is 0. The maximum Gasteiger partial charge on any atom is 0.329 e. The Kier molecular flexibility index (Phi) is 3.40. The molecule has 2 aromatic heterocycles. The Morgan fingerprint density at radius 2 is 2.29 bits per heavy atom. The first-order valence-electron chi connectivity index (χ1n) is 6.60. The minimum atomic E-state index is -0.813. The van der Waals surface area contributed by atoms with Crippen LogP contribution in [0.25, 0.3) is 11.2 Å². The number of nitrogens with one attached hydrogen (secondary N) is 1. The fourth-order valence-corrected chi connectivity index (χ4v) is 2.57. The number of hydrogen-bond donors (Lipinski definition) is 3. The molecule has 3 rings (SSSR count). The number of ether oxygens (including phenoxy) is 1. The topological polar surface area (TPSA) is 117 Å². The van der Waals surface area contributed by atoms with Crippen molar-refractivity contribution in [3.05, 3.63) is 16.8 Å². The lowest BCUT2D eigenvalue weighted by molar-refractivity contribution is -0.0441. The first kappa shape index (κ1) is 14.0. The Morgan fingerprint density at radius 3 is 2.90 bits per heavy atom. The molecule has 21 heavy (non-hydrogen) atoms. The molecule has 9 heteroatoms. The van der Waals surface area contributed by atoms with Crippen LogP contribution in [-0.4, -0.2) is 62.6 Å². The summed E-state index contributed by atoms with van der Waals surface area (Å²) < 4.78 is 6.88. The van der Waals surface area contributed by atoms with Gasteiger partial charge < -0.3 is 24.8 Å². The highest BCUT2D eigenvalue weighted by molar-refractivity contribution is 5.83. The summed E-state index contributed by atoms with van der Waals surface area (Å²) in [6, 6.07) is 0. The first-order valence-corrected chi connectivity index (χ1v) is 6.60. The van der Waals surface area contributed by atoms with E-state index in [9.17, 15) is 9.90 Å². The predicted octanol–water partition coefficient (Wildman–Crippen LogP) is -1.17. The number of H-pyrrole nitrogens is 1. The molecule has 1 saturated heterocycles. The van der Waals surface area contributed by atoms with Crippen molar-refractivity contribution in [3.8, 4) is 0 Å². The van der Waals surface area contributed by atoms with Crippen molar-refractivity contribution < 1.29 is 14.9 Å². The van der Waals surface area contributed by atoms with E-state index in [1.165, 1.54) is 10.9 Å². The van der Waals surface area contributed by atoms with E-state index in [2.05, 4.69) is 15.0 Å². The largest absolute Gasteiger partial charge is 0.394 e. The van der Waals surface area contributed by atoms with Crippen LogP contribution in [0.15, 0.2) is 11.1 Å². The van der Waals surface area contributed by atoms with E-state index in [4.69, 9.17) is 9.84 Å². The maximum absolute atomic E-state index is 12.2. The molecule has 3 heterocycles. The summed E-state index contributed by atoms with van der Waals surface area (Å²) in [6.45, 7) is -0.299. The zero-order valence-electron chi connectivity index (χ0n) is 11.7. The number of aliphatic hydroxyl groups excluding tert-OH is 2. The van der Waals surface area contributed by atoms with Crippen LogP contribution in [0, 0.1) is 0 Å². The van der Waals surface area contributed by atoms with Crippen LogP contribution in [0.5, 0.6) is 0 Å². The number of aromatic amines is 1. The number of nitrogens with zero attached hydrogens (tertiary/aromatic N) is 4. The Hall–Kier alpha value is -1.97. The molecule has 0 aliphatic carbocycles. The van der Waals surface area contributed by atoms with Crippen molar-refractivity contribution in [2.24, 2.45) is 0 Å². The Balaban J connectivity index is 2.10. The molecule has 0 spiro atoms. The monoisotopic (exact) mass is 295 g/mol. The van der Waals surface area contributed by atoms with Crippen molar-refractivity contribution in [2.45, 2.75) is 24.9 Å². The minimum Gasteiger partial charge on any atom is -0.394 e. The summed E-state index contributed by atoms with van der Waals surface area (Å²) in [7, 11) is 3.63. The summed E-state index contributed by atoms with van der Waals surface area (Å²) in [5, 5.41) is 19.0. The number of aliphatic hydroxyl groups is 2. The number of anilines is 1. The molecular formula is C12H17N5O4. The highest BCUT2D eigenvalue weighted by Gasteiger charge is 2.36. The molecule has 1 aliphatic heterocycles. The van der Waals surface area contributed by atoms with E-state index in [1.54, 1.807) is 4.90 Å². The van der Waals surface area contributed by atoms with Crippen molar-refractivity contribution >= 4 is 17.0 Å². The van der Waals surface area contributed by atoms with Crippen LogP contribution in [0.1, 0.15) is 12.6 Å². The van der Waals surface area contributed by atoms with E-state index in [0.717, 1.165) is 0 Å². The van der Waals surface area contributed by atoms with Gasteiger partial charge in [0.1, 0.15) is 24.2 Å². The fourth-order valence-electron chi connectivity index (χ4n) is 2.57. The molecule has 0 radical (unpaired) electrons. The van der Waals surface area contributed by atoms with Gasteiger partial charge >= 0.3 is 5.69 Å². The lowest BCUT2D eigenvalue weighted by atomic mass is 10.2. The molecular weight excluding hydrogens is 278 g/mol. The molecule has 0 bridgehead atoms. The van der Waals surface area contributed by atoms with E-state index in [1.807, 2.05) is 14.1 Å². The standard InChI is InChI=1S/C12H17N5O4/c1-16(2)10-9-11(14-5-13-10)17(12(20)15-9)8-3-6(19)7(4-18)21-8/h5-8,18-19H,3-4H2,1-2H3,(H,15,20)/t6-,7+,8+/m0/s1. The molecule has 1 aliphatic rings. The van der Waals surface area contributed by atoms with Gasteiger partial charge in [0.05, 0.1) is 12.7 Å². The third kappa shape index (κ3) is 2.19. The van der Waals surface area contributed by atoms with E-state index >= 15 is 0 Å². The molecule has 1 fully saturated rings. The Bertz CT molecular complexity index is 709. The van der Waals surface area contributed by atoms with Gasteiger partial charge in [-0.2, -0.15) is 0 Å². The van der Waals surface area contributed by atoms with Crippen molar-refractivity contribution in [1.29, 1.82) is 0 Å². The zero-order valence-corrected chi connectivity index (χ0v) is 11.7. The van der Waals surface area contributed by atoms with Gasteiger partial charge in [-0.25, -0.2) is 19.3 Å². The van der Waals surface area contributed by atoms with Crippen LogP contribution in [0.4, 0.5) is 5.82 Å². The van der Waals surface area contributed by atoms with Gasteiger partial charge in [-0.1, -0.05) is 0 Å². The highest BCUT2D eigenvalue weighted by Crippen LogP contribution is 2.30. The molecule has 0 aromatic carbocycles. The minimum absolute atomic E-state index is 0.222. The van der Waals surface area contributed by atoms with Gasteiger partial charge in [-0.15, -0.1) is 0 Å². The Morgan fingerprint density at radius 1 is 1.52 bits per heavy atom. The maximum atomic E-state index is 12.2. The lowest BCUT2D eigenvalue weighted by Crippen LogP contribution is -2.25. The molecule has 114 valence electrons. The van der Waals surface area contributed by atoms with Crippen molar-refractivity contribution in [2.75, 3.05) is 25.6 Å². The SMILES string of the molecule is CN(C)c1ncnc2c1[nH]c(=O)n2[C@H]1C[C@H](O)[C@@H](CO)O1. The van der Waals surface area contributed by atoms with E-state index < -0.39 is 18.4 Å². The van der Waals surface area contributed by atoms with Gasteiger partial charge in [0, 0.05) is 20.5 Å². The quantitative estimate of drug-likeness (QED) is 0.653. The van der Waals surface area contributed by atoms with Crippen LogP contribution in [0.2, 0.25) is 0 Å². The molecule has 0 unspecified atom stereocenters. The van der Waals surface area contributed by atoms with Gasteiger partial charge in [0.15, 0.2) is 11.5 Å². The molecule has 0 saturated carbocycles. The third-order valence-corrected chi connectivity index (χ3v) is 3.58. The summed E-state index contributed by atoms with van der Waals surface area (Å²) in [4.78, 5) is 25.0. The van der Waals surface area contributed by atoms with Crippen LogP contribution < -0.4 is 10.6 Å². The first-order chi connectivity index (χ1) is 10.0. The summed E-state index contributed by atoms with van der Waals surface area (Å²) in [5.41, 5.74) is 0.539. The second-order valence-electron chi connectivity index (χ2n) is 5.21. The van der Waals surface area contributed by atoms with Gasteiger partial charge in [-0.05, 0) is 0 Å². The second kappa shape index (κ2) is 5.10. The second-order valence-corrected chi connectivity index (χ2v) is 5.21. The Labute approximate surface area is 119 Å². The normalized spacial score (nSPS) is 25.6. The number of imidazole rings is 1. The summed E-state index contributed by atoms with van der Waals surface area (Å²) in [6.07, 6.45) is -0.576. The molecule has 2 aromatic rings. The third-order valence-electron chi connectivity index (χ3n) is 3.58. The average molecular weight is 295 g/mol. The van der Waals surface area contributed by atoms with Crippen LogP contribution in [0.3, 0.4) is 0 Å². The smallest absolute Gasteiger partial charge is 0.329 e. The molecule has 0 amide bonds. The fraction of sp³-hybridized carbons (Fsp3) is 0.583. The zero-order chi connectivity index (χ0) is 15.1. The van der Waals surface area contributed by atoms with Crippen LogP contribution >= 0.6 is 0 Å². The van der Waals surface area contributed by atoms with Crippen molar-refractivity contribution in [1.82, 2.24) is 19.5 Å². The van der Waals surface area contributed by atoms with E-state index in [0.29, 0.717) is 17.0 Å². The number of fused-ring (bicyclic) bond motifs is 1. The van der Waals surface area contributed by atoms with Gasteiger partial charge in [-0.3, -0.25) is 0 Å². The average Bonchev–Trinajstić information content (AvgIpc) is 2.96. The number of aromatic nitrogens is 4. The molecule has 3 N–H and O–H groups in total. The van der Waals surface area contributed by atoms with E-state index in [-0.39, 0.29) is 18.7 Å². The van der Waals surface area contributed by atoms with Crippen LogP contribution in [-0.2, 0) is 4.74 Å². The predicted molar refractivity (Wildman–Crippen MR) is 74.1 cm³/mol. The number of hydrogen-bond acceptors (Lipinski definition) is 7. The van der Waals surface area contributed by atoms with Crippen molar-refractivity contribution in [3.63, 3.8) is 0 Å². The summed E-state index contributed by atoms with van der Waals surface area (Å²) in [5.74, 6) is 0.591.